The zero-order valence-electron chi connectivity index (χ0n) is 20.3. The van der Waals surface area contributed by atoms with E-state index >= 15 is 0 Å². The zero-order chi connectivity index (χ0) is 28.1. The summed E-state index contributed by atoms with van der Waals surface area (Å²) >= 11 is 0. The zero-order valence-corrected chi connectivity index (χ0v) is 20.3. The number of carbonyl (C=O) groups is 3. The molecule has 206 valence electrons. The van der Waals surface area contributed by atoms with E-state index in [0.717, 1.165) is 6.42 Å². The van der Waals surface area contributed by atoms with Gasteiger partial charge in [-0.2, -0.15) is 26.3 Å². The largest absolute Gasteiger partial charge is 0.481 e. The van der Waals surface area contributed by atoms with E-state index in [4.69, 9.17) is 5.11 Å². The molecule has 1 aliphatic rings. The number of alkyl halides is 6. The Hall–Kier alpha value is -3.37. The Kier molecular flexibility index (Phi) is 9.22. The molecule has 38 heavy (non-hydrogen) atoms. The normalized spacial score (nSPS) is 15.7. The Morgan fingerprint density at radius 1 is 0.868 bits per heavy atom. The van der Waals surface area contributed by atoms with Gasteiger partial charge in [0.05, 0.1) is 11.1 Å². The summed E-state index contributed by atoms with van der Waals surface area (Å²) in [6, 6.07) is 6.08. The average Bonchev–Trinajstić information content (AvgIpc) is 2.81. The van der Waals surface area contributed by atoms with Crippen LogP contribution in [0.1, 0.15) is 77.6 Å². The molecule has 3 rings (SSSR count). The van der Waals surface area contributed by atoms with Crippen molar-refractivity contribution in [3.05, 3.63) is 64.2 Å². The molecule has 2 aromatic carbocycles. The van der Waals surface area contributed by atoms with Crippen molar-refractivity contribution in [1.82, 2.24) is 0 Å². The first kappa shape index (κ1) is 29.2. The number of ketones is 1. The van der Waals surface area contributed by atoms with Crippen LogP contribution in [-0.2, 0) is 34.8 Å². The van der Waals surface area contributed by atoms with Gasteiger partial charge >= 0.3 is 18.3 Å². The first-order valence-corrected chi connectivity index (χ1v) is 12.2. The lowest BCUT2D eigenvalue weighted by Gasteiger charge is -2.24. The summed E-state index contributed by atoms with van der Waals surface area (Å²) in [6.45, 7) is 0. The van der Waals surface area contributed by atoms with E-state index in [1.807, 2.05) is 0 Å². The first-order valence-electron chi connectivity index (χ1n) is 12.2. The summed E-state index contributed by atoms with van der Waals surface area (Å²) < 4.78 is 79.1. The van der Waals surface area contributed by atoms with Crippen LogP contribution in [0.25, 0.3) is 0 Å². The minimum Gasteiger partial charge on any atom is -0.481 e. The Labute approximate surface area is 215 Å². The number of hydrogen-bond acceptors (Lipinski definition) is 3. The van der Waals surface area contributed by atoms with E-state index in [-0.39, 0.29) is 49.0 Å². The van der Waals surface area contributed by atoms with Crippen molar-refractivity contribution in [3.8, 4) is 0 Å². The minimum absolute atomic E-state index is 0.0663. The van der Waals surface area contributed by atoms with Crippen LogP contribution in [0.3, 0.4) is 0 Å². The molecule has 2 aromatic rings. The van der Waals surface area contributed by atoms with Crippen molar-refractivity contribution in [1.29, 1.82) is 0 Å². The standard InChI is InChI=1S/C27H27F6NO4/c28-26(29,30)19-12-16(13-20(15-19)27(31,32)33)11-18-8-7-17-14-21(9-10-22(17)25(18)38)34-23(35)5-3-1-2-4-6-24(36)37/h9-10,12-15,18H,1-8,11H2,(H,34,35)(H,36,37). The Morgan fingerprint density at radius 2 is 1.47 bits per heavy atom. The molecule has 0 heterocycles. The van der Waals surface area contributed by atoms with E-state index in [9.17, 15) is 40.7 Å². The molecular weight excluding hydrogens is 516 g/mol. The van der Waals surface area contributed by atoms with E-state index in [0.29, 0.717) is 54.6 Å². The molecule has 0 saturated carbocycles. The number of carbonyl (C=O) groups excluding carboxylic acids is 2. The maximum Gasteiger partial charge on any atom is 0.416 e. The molecule has 0 spiro atoms. The van der Waals surface area contributed by atoms with Crippen LogP contribution in [0.15, 0.2) is 36.4 Å². The van der Waals surface area contributed by atoms with Crippen molar-refractivity contribution < 1.29 is 45.8 Å². The van der Waals surface area contributed by atoms with Crippen molar-refractivity contribution in [3.63, 3.8) is 0 Å². The van der Waals surface area contributed by atoms with Crippen LogP contribution in [0.5, 0.6) is 0 Å². The maximum absolute atomic E-state index is 13.2. The number of Topliss-reactive ketones (excluding diaryl/α,β-unsaturated/α-hetero) is 1. The molecule has 2 N–H and O–H groups in total. The molecule has 0 bridgehead atoms. The van der Waals surface area contributed by atoms with Gasteiger partial charge in [-0.05, 0) is 79.6 Å². The molecule has 0 radical (unpaired) electrons. The molecule has 0 fully saturated rings. The fraction of sp³-hybridized carbons (Fsp3) is 0.444. The van der Waals surface area contributed by atoms with Gasteiger partial charge in [-0.1, -0.05) is 12.8 Å². The number of nitrogens with one attached hydrogen (secondary N) is 1. The minimum atomic E-state index is -4.96. The lowest BCUT2D eigenvalue weighted by atomic mass is 9.79. The predicted molar refractivity (Wildman–Crippen MR) is 127 cm³/mol. The summed E-state index contributed by atoms with van der Waals surface area (Å²) in [7, 11) is 0. The highest BCUT2D eigenvalue weighted by Crippen LogP contribution is 2.38. The van der Waals surface area contributed by atoms with Gasteiger partial charge < -0.3 is 10.4 Å². The number of aliphatic carboxylic acids is 1. The van der Waals surface area contributed by atoms with Crippen molar-refractivity contribution >= 4 is 23.3 Å². The number of rotatable bonds is 10. The van der Waals surface area contributed by atoms with Crippen molar-refractivity contribution in [2.45, 2.75) is 70.1 Å². The SMILES string of the molecule is O=C(O)CCCCCCC(=O)Nc1ccc2c(c1)CCC(Cc1cc(C(F)(F)F)cc(C(F)(F)F)c1)C2=O. The monoisotopic (exact) mass is 543 g/mol. The van der Waals surface area contributed by atoms with E-state index in [1.54, 1.807) is 6.07 Å². The summed E-state index contributed by atoms with van der Waals surface area (Å²) in [5, 5.41) is 11.4. The van der Waals surface area contributed by atoms with Gasteiger partial charge in [-0.15, -0.1) is 0 Å². The highest BCUT2D eigenvalue weighted by molar-refractivity contribution is 6.01. The van der Waals surface area contributed by atoms with Crippen LogP contribution >= 0.6 is 0 Å². The fourth-order valence-electron chi connectivity index (χ4n) is 4.55. The third-order valence-corrected chi connectivity index (χ3v) is 6.46. The number of carboxylic acids is 1. The van der Waals surface area contributed by atoms with Crippen molar-refractivity contribution in [2.24, 2.45) is 5.92 Å². The highest BCUT2D eigenvalue weighted by Gasteiger charge is 2.37. The molecule has 1 unspecified atom stereocenters. The van der Waals surface area contributed by atoms with Crippen LogP contribution in [0.2, 0.25) is 0 Å². The number of unbranched alkanes of at least 4 members (excludes halogenated alkanes) is 3. The number of amides is 1. The molecule has 11 heteroatoms. The second kappa shape index (κ2) is 12.0. The smallest absolute Gasteiger partial charge is 0.416 e. The summed E-state index contributed by atoms with van der Waals surface area (Å²) in [6.07, 6.45) is -6.62. The number of halogens is 6. The van der Waals surface area contributed by atoms with Gasteiger partial charge in [0, 0.05) is 30.0 Å². The van der Waals surface area contributed by atoms with Gasteiger partial charge in [0.2, 0.25) is 5.91 Å². The second-order valence-corrected chi connectivity index (χ2v) is 9.45. The van der Waals surface area contributed by atoms with E-state index in [1.165, 1.54) is 12.1 Å². The topological polar surface area (TPSA) is 83.5 Å². The number of carboxylic acid groups (broad SMARTS) is 1. The van der Waals surface area contributed by atoms with Gasteiger partial charge in [0.25, 0.3) is 0 Å². The fourth-order valence-corrected chi connectivity index (χ4v) is 4.55. The van der Waals surface area contributed by atoms with Gasteiger partial charge in [-0.25, -0.2) is 0 Å². The van der Waals surface area contributed by atoms with E-state index in [2.05, 4.69) is 5.32 Å². The number of anilines is 1. The first-order chi connectivity index (χ1) is 17.7. The van der Waals surface area contributed by atoms with Crippen molar-refractivity contribution in [2.75, 3.05) is 5.32 Å². The Balaban J connectivity index is 1.63. The molecule has 1 amide bonds. The van der Waals surface area contributed by atoms with Crippen LogP contribution in [0, 0.1) is 5.92 Å². The Bertz CT molecular complexity index is 1160. The number of fused-ring (bicyclic) bond motifs is 1. The van der Waals surface area contributed by atoms with Gasteiger partial charge in [0.1, 0.15) is 0 Å². The second-order valence-electron chi connectivity index (χ2n) is 9.45. The maximum atomic E-state index is 13.2. The summed E-state index contributed by atoms with van der Waals surface area (Å²) in [5.41, 5.74) is -1.56. The lowest BCUT2D eigenvalue weighted by Crippen LogP contribution is -2.25. The summed E-state index contributed by atoms with van der Waals surface area (Å²) in [4.78, 5) is 35.7. The number of hydrogen-bond donors (Lipinski definition) is 2. The van der Waals surface area contributed by atoms with E-state index < -0.39 is 35.4 Å². The molecule has 0 saturated heterocycles. The molecule has 0 aromatic heterocycles. The number of benzene rings is 2. The van der Waals surface area contributed by atoms with Crippen LogP contribution in [-0.4, -0.2) is 22.8 Å². The average molecular weight is 544 g/mol. The third kappa shape index (κ3) is 8.06. The van der Waals surface area contributed by atoms with Gasteiger partial charge in [0.15, 0.2) is 5.78 Å². The molecule has 5 nitrogen and oxygen atoms in total. The summed E-state index contributed by atoms with van der Waals surface area (Å²) in [5.74, 6) is -2.22. The molecular formula is C27H27F6NO4. The number of aryl methyl sites for hydroxylation is 1. The predicted octanol–water partition coefficient (Wildman–Crippen LogP) is 7.08. The Morgan fingerprint density at radius 3 is 2.05 bits per heavy atom. The third-order valence-electron chi connectivity index (χ3n) is 6.46. The molecule has 1 atom stereocenters. The quantitative estimate of drug-likeness (QED) is 0.248. The highest BCUT2D eigenvalue weighted by atomic mass is 19.4. The van der Waals surface area contributed by atoms with Crippen LogP contribution < -0.4 is 5.32 Å². The van der Waals surface area contributed by atoms with Gasteiger partial charge in [-0.3, -0.25) is 14.4 Å². The lowest BCUT2D eigenvalue weighted by molar-refractivity contribution is -0.143. The molecule has 0 aliphatic heterocycles. The molecule has 1 aliphatic carbocycles. The van der Waals surface area contributed by atoms with Crippen LogP contribution in [0.4, 0.5) is 32.0 Å².